The molecule has 1 aliphatic rings. The van der Waals surface area contributed by atoms with E-state index in [9.17, 15) is 14.4 Å². The van der Waals surface area contributed by atoms with E-state index in [4.69, 9.17) is 0 Å². The van der Waals surface area contributed by atoms with E-state index >= 15 is 0 Å². The fourth-order valence-corrected chi connectivity index (χ4v) is 3.64. The molecule has 1 aliphatic heterocycles. The molecule has 1 N–H and O–H groups in total. The van der Waals surface area contributed by atoms with Crippen LogP contribution in [0.25, 0.3) is 0 Å². The third kappa shape index (κ3) is 4.96. The number of hydrogen-bond acceptors (Lipinski definition) is 3. The number of hydrogen-bond donors (Lipinski definition) is 1. The third-order valence-corrected chi connectivity index (χ3v) is 5.96. The first-order valence-corrected chi connectivity index (χ1v) is 10.7. The average Bonchev–Trinajstić information content (AvgIpc) is 2.78. The zero-order chi connectivity index (χ0) is 21.7. The predicted octanol–water partition coefficient (Wildman–Crippen LogP) is 3.93. The van der Waals surface area contributed by atoms with Gasteiger partial charge in [0.15, 0.2) is 5.78 Å². The van der Waals surface area contributed by atoms with Crippen molar-refractivity contribution in [1.82, 2.24) is 10.2 Å². The molecule has 2 aromatic rings. The summed E-state index contributed by atoms with van der Waals surface area (Å²) < 4.78 is 0. The molecule has 3 rings (SSSR count). The highest BCUT2D eigenvalue weighted by Crippen LogP contribution is 2.22. The first-order chi connectivity index (χ1) is 14.4. The number of rotatable bonds is 6. The molecule has 0 bridgehead atoms. The minimum Gasteiger partial charge on any atom is -0.353 e. The third-order valence-electron chi connectivity index (χ3n) is 5.96. The van der Waals surface area contributed by atoms with E-state index in [-0.39, 0.29) is 29.6 Å². The Bertz CT molecular complexity index is 900. The largest absolute Gasteiger partial charge is 0.353 e. The van der Waals surface area contributed by atoms with Crippen molar-refractivity contribution in [2.75, 3.05) is 13.1 Å². The number of nitrogens with zero attached hydrogens (tertiary/aromatic N) is 1. The molecule has 0 aromatic heterocycles. The van der Waals surface area contributed by atoms with Crippen LogP contribution in [0.2, 0.25) is 0 Å². The molecule has 1 heterocycles. The zero-order valence-corrected chi connectivity index (χ0v) is 17.9. The van der Waals surface area contributed by atoms with Crippen molar-refractivity contribution in [3.05, 3.63) is 71.3 Å². The Morgan fingerprint density at radius 3 is 2.03 bits per heavy atom. The van der Waals surface area contributed by atoms with Crippen LogP contribution in [0.4, 0.5) is 0 Å². The fourth-order valence-electron chi connectivity index (χ4n) is 3.64. The van der Waals surface area contributed by atoms with Gasteiger partial charge < -0.3 is 10.2 Å². The Morgan fingerprint density at radius 1 is 0.867 bits per heavy atom. The second kappa shape index (κ2) is 9.70. The summed E-state index contributed by atoms with van der Waals surface area (Å²) in [5.41, 5.74) is 1.40. The molecule has 30 heavy (non-hydrogen) atoms. The van der Waals surface area contributed by atoms with Crippen molar-refractivity contribution in [3.8, 4) is 0 Å². The van der Waals surface area contributed by atoms with Gasteiger partial charge >= 0.3 is 0 Å². The predicted molar refractivity (Wildman–Crippen MR) is 117 cm³/mol. The Kier molecular flexibility index (Phi) is 7.03. The Labute approximate surface area is 178 Å². The van der Waals surface area contributed by atoms with Gasteiger partial charge in [-0.2, -0.15) is 0 Å². The Balaban J connectivity index is 1.68. The van der Waals surface area contributed by atoms with Crippen molar-refractivity contribution in [2.24, 2.45) is 11.8 Å². The maximum atomic E-state index is 13.2. The van der Waals surface area contributed by atoms with E-state index in [1.807, 2.05) is 25.1 Å². The molecule has 0 saturated carbocycles. The molecule has 5 heteroatoms. The van der Waals surface area contributed by atoms with Gasteiger partial charge in [-0.25, -0.2) is 0 Å². The quantitative estimate of drug-likeness (QED) is 0.739. The number of benzene rings is 2. The minimum absolute atomic E-state index is 0.0722. The lowest BCUT2D eigenvalue weighted by atomic mass is 9.93. The van der Waals surface area contributed by atoms with Crippen LogP contribution in [0.15, 0.2) is 54.6 Å². The van der Waals surface area contributed by atoms with E-state index in [2.05, 4.69) is 19.2 Å². The molecular weight excluding hydrogens is 376 g/mol. The number of piperidine rings is 1. The highest BCUT2D eigenvalue weighted by molar-refractivity contribution is 6.15. The molecule has 1 saturated heterocycles. The van der Waals surface area contributed by atoms with Crippen molar-refractivity contribution < 1.29 is 14.4 Å². The second-order valence-corrected chi connectivity index (χ2v) is 8.35. The average molecular weight is 407 g/mol. The number of ketones is 1. The monoisotopic (exact) mass is 406 g/mol. The molecule has 2 aromatic carbocycles. The van der Waals surface area contributed by atoms with E-state index < -0.39 is 0 Å². The van der Waals surface area contributed by atoms with E-state index in [0.717, 1.165) is 0 Å². The second-order valence-electron chi connectivity index (χ2n) is 8.35. The van der Waals surface area contributed by atoms with Gasteiger partial charge in [0.25, 0.3) is 5.91 Å². The van der Waals surface area contributed by atoms with Crippen molar-refractivity contribution >= 4 is 17.6 Å². The molecule has 1 unspecified atom stereocenters. The van der Waals surface area contributed by atoms with Gasteiger partial charge in [0.05, 0.1) is 5.56 Å². The molecule has 5 nitrogen and oxygen atoms in total. The van der Waals surface area contributed by atoms with Crippen LogP contribution in [0, 0.1) is 11.8 Å². The molecule has 0 spiro atoms. The smallest absolute Gasteiger partial charge is 0.254 e. The summed E-state index contributed by atoms with van der Waals surface area (Å²) >= 11 is 0. The lowest BCUT2D eigenvalue weighted by molar-refractivity contribution is -0.127. The summed E-state index contributed by atoms with van der Waals surface area (Å²) in [4.78, 5) is 40.4. The number of carbonyl (C=O) groups is 3. The lowest BCUT2D eigenvalue weighted by Gasteiger charge is -2.32. The number of carbonyl (C=O) groups excluding carboxylic acids is 3. The minimum atomic E-state index is -0.156. The van der Waals surface area contributed by atoms with Crippen LogP contribution < -0.4 is 5.32 Å². The molecule has 1 fully saturated rings. The van der Waals surface area contributed by atoms with Crippen LogP contribution in [0.5, 0.6) is 0 Å². The van der Waals surface area contributed by atoms with Crippen LogP contribution >= 0.6 is 0 Å². The summed E-state index contributed by atoms with van der Waals surface area (Å²) in [5.74, 6) is 0.0782. The standard InChI is InChI=1S/C25H30N2O3/c1-17(2)18(3)26-24(29)20-13-15-27(16-14-20)25(30)22-12-8-7-11-21(22)23(28)19-9-5-4-6-10-19/h4-12,17-18,20H,13-16H2,1-3H3,(H,26,29). The summed E-state index contributed by atoms with van der Waals surface area (Å²) in [7, 11) is 0. The normalized spacial score (nSPS) is 15.7. The van der Waals surface area contributed by atoms with Crippen LogP contribution in [-0.4, -0.2) is 41.6 Å². The van der Waals surface area contributed by atoms with Gasteiger partial charge in [-0.1, -0.05) is 62.4 Å². The number of nitrogens with one attached hydrogen (secondary N) is 1. The molecule has 0 aliphatic carbocycles. The first-order valence-electron chi connectivity index (χ1n) is 10.7. The zero-order valence-electron chi connectivity index (χ0n) is 17.9. The van der Waals surface area contributed by atoms with Gasteiger partial charge in [-0.05, 0) is 31.7 Å². The summed E-state index contributed by atoms with van der Waals surface area (Å²) in [6.07, 6.45) is 1.27. The summed E-state index contributed by atoms with van der Waals surface area (Å²) in [6, 6.07) is 16.1. The van der Waals surface area contributed by atoms with Crippen molar-refractivity contribution in [3.63, 3.8) is 0 Å². The molecule has 158 valence electrons. The molecule has 2 amide bonds. The maximum absolute atomic E-state index is 13.2. The highest BCUT2D eigenvalue weighted by atomic mass is 16.2. The Morgan fingerprint density at radius 2 is 1.43 bits per heavy atom. The summed E-state index contributed by atoms with van der Waals surface area (Å²) in [5, 5.41) is 3.08. The van der Waals surface area contributed by atoms with Gasteiger partial charge in [-0.3, -0.25) is 14.4 Å². The van der Waals surface area contributed by atoms with Crippen LogP contribution in [0.1, 0.15) is 59.9 Å². The van der Waals surface area contributed by atoms with E-state index in [1.165, 1.54) is 0 Å². The summed E-state index contributed by atoms with van der Waals surface area (Å²) in [6.45, 7) is 7.21. The molecular formula is C25H30N2O3. The molecule has 1 atom stereocenters. The van der Waals surface area contributed by atoms with E-state index in [1.54, 1.807) is 41.3 Å². The topological polar surface area (TPSA) is 66.5 Å². The van der Waals surface area contributed by atoms with Gasteiger partial charge in [-0.15, -0.1) is 0 Å². The van der Waals surface area contributed by atoms with Crippen LogP contribution in [-0.2, 0) is 4.79 Å². The number of amides is 2. The van der Waals surface area contributed by atoms with Crippen molar-refractivity contribution in [2.45, 2.75) is 39.7 Å². The molecule has 0 radical (unpaired) electrons. The van der Waals surface area contributed by atoms with Crippen LogP contribution in [0.3, 0.4) is 0 Å². The highest BCUT2D eigenvalue weighted by Gasteiger charge is 2.30. The first kappa shape index (κ1) is 21.8. The van der Waals surface area contributed by atoms with Gasteiger partial charge in [0, 0.05) is 36.2 Å². The lowest BCUT2D eigenvalue weighted by Crippen LogP contribution is -2.46. The fraction of sp³-hybridized carbons (Fsp3) is 0.400. The van der Waals surface area contributed by atoms with Gasteiger partial charge in [0.2, 0.25) is 5.91 Å². The van der Waals surface area contributed by atoms with Crippen molar-refractivity contribution in [1.29, 1.82) is 0 Å². The Hall–Kier alpha value is -2.95. The maximum Gasteiger partial charge on any atom is 0.254 e. The van der Waals surface area contributed by atoms with E-state index in [0.29, 0.717) is 48.5 Å². The van der Waals surface area contributed by atoms with Gasteiger partial charge in [0.1, 0.15) is 0 Å². The number of likely N-dealkylation sites (tertiary alicyclic amines) is 1. The SMILES string of the molecule is CC(C)C(C)NC(=O)C1CCN(C(=O)c2ccccc2C(=O)c2ccccc2)CC1.